The second-order valence-corrected chi connectivity index (χ2v) is 8.28. The summed E-state index contributed by atoms with van der Waals surface area (Å²) in [4.78, 5) is 11.2. The van der Waals surface area contributed by atoms with E-state index >= 15 is 0 Å². The van der Waals surface area contributed by atoms with Crippen molar-refractivity contribution in [2.45, 2.75) is 72.0 Å². The van der Waals surface area contributed by atoms with Gasteiger partial charge in [-0.25, -0.2) is 0 Å². The fourth-order valence-corrected chi connectivity index (χ4v) is 5.46. The van der Waals surface area contributed by atoms with Crippen molar-refractivity contribution in [1.82, 2.24) is 0 Å². The second-order valence-electron chi connectivity index (χ2n) is 8.28. The van der Waals surface area contributed by atoms with Crippen LogP contribution in [0.3, 0.4) is 0 Å². The van der Waals surface area contributed by atoms with Crippen molar-refractivity contribution in [3.05, 3.63) is 0 Å². The Kier molecular flexibility index (Phi) is 3.03. The van der Waals surface area contributed by atoms with Crippen LogP contribution in [0.2, 0.25) is 0 Å². The number of fused-ring (bicyclic) bond motifs is 2. The molecule has 3 heteroatoms. The first-order valence-electron chi connectivity index (χ1n) is 8.01. The molecule has 5 atom stereocenters. The molecule has 0 bridgehead atoms. The molecule has 1 saturated heterocycles. The molecule has 2 saturated carbocycles. The minimum Gasteiger partial charge on any atom is -0.465 e. The summed E-state index contributed by atoms with van der Waals surface area (Å²) in [5.41, 5.74) is 0.543. The van der Waals surface area contributed by atoms with Crippen molar-refractivity contribution in [3.63, 3.8) is 0 Å². The Bertz CT molecular complexity index is 430. The summed E-state index contributed by atoms with van der Waals surface area (Å²) in [5.74, 6) is 0.832. The molecule has 0 aromatic carbocycles. The highest BCUT2D eigenvalue weighted by Crippen LogP contribution is 2.67. The van der Waals surface area contributed by atoms with E-state index in [0.29, 0.717) is 30.0 Å². The number of esters is 1. The first kappa shape index (κ1) is 14.4. The van der Waals surface area contributed by atoms with Gasteiger partial charge in [0, 0.05) is 12.8 Å². The lowest BCUT2D eigenvalue weighted by Crippen LogP contribution is -2.55. The maximum Gasteiger partial charge on any atom is 0.302 e. The summed E-state index contributed by atoms with van der Waals surface area (Å²) in [6, 6.07) is 0. The average Bonchev–Trinajstić information content (AvgIpc) is 2.96. The number of hydrogen-bond donors (Lipinski definition) is 0. The predicted molar refractivity (Wildman–Crippen MR) is 77.2 cm³/mol. The van der Waals surface area contributed by atoms with E-state index < -0.39 is 0 Å². The van der Waals surface area contributed by atoms with E-state index in [2.05, 4.69) is 27.7 Å². The van der Waals surface area contributed by atoms with Crippen LogP contribution in [0.5, 0.6) is 0 Å². The van der Waals surface area contributed by atoms with E-state index in [9.17, 15) is 4.79 Å². The van der Waals surface area contributed by atoms with E-state index in [1.54, 1.807) is 0 Å². The summed E-state index contributed by atoms with van der Waals surface area (Å²) in [6.45, 7) is 11.5. The van der Waals surface area contributed by atoms with Crippen LogP contribution >= 0.6 is 0 Å². The SMILES string of the molecule is CC(=O)OC[C@@H]1[C@@]2(C)CCCC(C)(C)[C@@H]2C[C@H]2O[C@@]12C. The largest absolute Gasteiger partial charge is 0.465 e. The van der Waals surface area contributed by atoms with Crippen LogP contribution in [-0.4, -0.2) is 24.3 Å². The highest BCUT2D eigenvalue weighted by molar-refractivity contribution is 5.65. The van der Waals surface area contributed by atoms with Crippen LogP contribution in [0, 0.1) is 22.7 Å². The van der Waals surface area contributed by atoms with Gasteiger partial charge in [-0.15, -0.1) is 0 Å². The standard InChI is InChI=1S/C17H28O3/c1-11(18)19-10-13-16(4)8-6-7-15(2,3)12(16)9-14-17(13,5)20-14/h12-14H,6-10H2,1-5H3/t12-,13+,14+,16-,17-/m0/s1. The van der Waals surface area contributed by atoms with Crippen molar-refractivity contribution < 1.29 is 14.3 Å². The Morgan fingerprint density at radius 3 is 2.60 bits per heavy atom. The van der Waals surface area contributed by atoms with E-state index in [1.165, 1.54) is 32.6 Å². The summed E-state index contributed by atoms with van der Waals surface area (Å²) >= 11 is 0. The number of hydrogen-bond acceptors (Lipinski definition) is 3. The third kappa shape index (κ3) is 1.93. The van der Waals surface area contributed by atoms with Gasteiger partial charge in [0.2, 0.25) is 0 Å². The molecule has 20 heavy (non-hydrogen) atoms. The van der Waals surface area contributed by atoms with Crippen LogP contribution in [0.1, 0.15) is 60.3 Å². The molecule has 1 heterocycles. The lowest BCUT2D eigenvalue weighted by atomic mass is 9.47. The van der Waals surface area contributed by atoms with E-state index in [-0.39, 0.29) is 17.0 Å². The lowest BCUT2D eigenvalue weighted by molar-refractivity contribution is -0.150. The lowest BCUT2D eigenvalue weighted by Gasteiger charge is -2.57. The maximum atomic E-state index is 11.2. The molecule has 0 aromatic heterocycles. The minimum absolute atomic E-state index is 0.0614. The van der Waals surface area contributed by atoms with Crippen molar-refractivity contribution >= 4 is 5.97 Å². The van der Waals surface area contributed by atoms with Gasteiger partial charge in [-0.2, -0.15) is 0 Å². The Morgan fingerprint density at radius 2 is 1.95 bits per heavy atom. The maximum absolute atomic E-state index is 11.2. The number of ether oxygens (including phenoxy) is 2. The molecule has 114 valence electrons. The molecule has 0 spiro atoms. The minimum atomic E-state index is -0.174. The van der Waals surface area contributed by atoms with Crippen LogP contribution in [0.25, 0.3) is 0 Å². The summed E-state index contributed by atoms with van der Waals surface area (Å²) in [7, 11) is 0. The predicted octanol–water partition coefficient (Wildman–Crippen LogP) is 3.56. The quantitative estimate of drug-likeness (QED) is 0.573. The first-order valence-corrected chi connectivity index (χ1v) is 8.01. The van der Waals surface area contributed by atoms with Crippen molar-refractivity contribution in [3.8, 4) is 0 Å². The van der Waals surface area contributed by atoms with Gasteiger partial charge in [-0.05, 0) is 42.9 Å². The van der Waals surface area contributed by atoms with Crippen LogP contribution in [0.15, 0.2) is 0 Å². The molecule has 0 N–H and O–H groups in total. The number of carbonyl (C=O) groups is 1. The van der Waals surface area contributed by atoms with Gasteiger partial charge < -0.3 is 9.47 Å². The molecule has 0 amide bonds. The molecule has 0 aromatic rings. The zero-order chi connectivity index (χ0) is 14.8. The fraction of sp³-hybridized carbons (Fsp3) is 0.941. The molecule has 1 aliphatic heterocycles. The van der Waals surface area contributed by atoms with E-state index in [0.717, 1.165) is 0 Å². The van der Waals surface area contributed by atoms with Crippen LogP contribution in [0.4, 0.5) is 0 Å². The van der Waals surface area contributed by atoms with Gasteiger partial charge in [0.25, 0.3) is 0 Å². The zero-order valence-electron chi connectivity index (χ0n) is 13.5. The molecule has 3 fully saturated rings. The van der Waals surface area contributed by atoms with Gasteiger partial charge in [-0.3, -0.25) is 4.79 Å². The van der Waals surface area contributed by atoms with Crippen LogP contribution in [-0.2, 0) is 14.3 Å². The zero-order valence-corrected chi connectivity index (χ0v) is 13.5. The van der Waals surface area contributed by atoms with E-state index in [4.69, 9.17) is 9.47 Å². The van der Waals surface area contributed by atoms with Crippen molar-refractivity contribution in [1.29, 1.82) is 0 Å². The third-order valence-corrected chi connectivity index (χ3v) is 6.65. The van der Waals surface area contributed by atoms with Crippen molar-refractivity contribution in [2.24, 2.45) is 22.7 Å². The van der Waals surface area contributed by atoms with Gasteiger partial charge in [-0.1, -0.05) is 27.2 Å². The molecule has 3 aliphatic rings. The van der Waals surface area contributed by atoms with Crippen molar-refractivity contribution in [2.75, 3.05) is 6.61 Å². The molecule has 3 nitrogen and oxygen atoms in total. The smallest absolute Gasteiger partial charge is 0.302 e. The molecule has 3 rings (SSSR count). The Balaban J connectivity index is 1.91. The summed E-state index contributed by atoms with van der Waals surface area (Å²) in [5, 5.41) is 0. The molecular formula is C17H28O3. The molecule has 0 unspecified atom stereocenters. The monoisotopic (exact) mass is 280 g/mol. The van der Waals surface area contributed by atoms with Crippen LogP contribution < -0.4 is 0 Å². The second kappa shape index (κ2) is 4.22. The molecule has 2 aliphatic carbocycles. The highest BCUT2D eigenvalue weighted by Gasteiger charge is 2.70. The highest BCUT2D eigenvalue weighted by atomic mass is 16.6. The average molecular weight is 280 g/mol. The number of carbonyl (C=O) groups excluding carboxylic acids is 1. The first-order chi connectivity index (χ1) is 9.20. The van der Waals surface area contributed by atoms with Gasteiger partial charge in [0.05, 0.1) is 18.3 Å². The van der Waals surface area contributed by atoms with Gasteiger partial charge >= 0.3 is 5.97 Å². The summed E-state index contributed by atoms with van der Waals surface area (Å²) < 4.78 is 11.5. The fourth-order valence-electron chi connectivity index (χ4n) is 5.46. The topological polar surface area (TPSA) is 38.8 Å². The Hall–Kier alpha value is -0.570. The number of epoxide rings is 1. The van der Waals surface area contributed by atoms with Gasteiger partial charge in [0.15, 0.2) is 0 Å². The molecular weight excluding hydrogens is 252 g/mol. The Morgan fingerprint density at radius 1 is 1.25 bits per heavy atom. The normalized spacial score (nSPS) is 49.0. The van der Waals surface area contributed by atoms with Gasteiger partial charge in [0.1, 0.15) is 0 Å². The molecule has 0 radical (unpaired) electrons. The number of rotatable bonds is 2. The Labute approximate surface area is 122 Å². The third-order valence-electron chi connectivity index (χ3n) is 6.65. The summed E-state index contributed by atoms with van der Waals surface area (Å²) in [6.07, 6.45) is 5.36. The van der Waals surface area contributed by atoms with E-state index in [1.807, 2.05) is 0 Å².